The molecule has 0 radical (unpaired) electrons. The molecule has 1 N–H and O–H groups in total. The Hall–Kier alpha value is -1.39. The molecule has 1 aromatic rings. The lowest BCUT2D eigenvalue weighted by Crippen LogP contribution is -2.45. The maximum atomic E-state index is 12.2. The Morgan fingerprint density at radius 2 is 1.89 bits per heavy atom. The van der Waals surface area contributed by atoms with Crippen LogP contribution in [0.5, 0.6) is 0 Å². The van der Waals surface area contributed by atoms with Gasteiger partial charge in [-0.3, -0.25) is 0 Å². The summed E-state index contributed by atoms with van der Waals surface area (Å²) in [4.78, 5) is 0.298. The Balaban J connectivity index is 2.25. The van der Waals surface area contributed by atoms with Crippen LogP contribution in [0, 0.1) is 0 Å². The molecule has 2 rings (SSSR count). The van der Waals surface area contributed by atoms with E-state index in [-0.39, 0.29) is 0 Å². The Bertz CT molecular complexity index is 587. The zero-order valence-corrected chi connectivity index (χ0v) is 11.4. The molecule has 0 fully saturated rings. The molecular weight excluding hydrogens is 246 g/mol. The fourth-order valence-electron chi connectivity index (χ4n) is 2.16. The average Bonchev–Trinajstić information content (AvgIpc) is 2.28. The molecular formula is C14H17NO2S. The molecule has 0 bridgehead atoms. The first-order valence-electron chi connectivity index (χ1n) is 5.85. The second kappa shape index (κ2) is 4.71. The highest BCUT2D eigenvalue weighted by atomic mass is 32.2. The molecule has 1 aromatic carbocycles. The highest BCUT2D eigenvalue weighted by Gasteiger charge is 2.29. The first-order chi connectivity index (χ1) is 8.41. The van der Waals surface area contributed by atoms with E-state index in [0.29, 0.717) is 11.3 Å². The fourth-order valence-corrected chi connectivity index (χ4v) is 3.54. The van der Waals surface area contributed by atoms with E-state index in [1.165, 1.54) is 0 Å². The molecule has 0 saturated heterocycles. The number of allylic oxidation sites excluding steroid dienone is 2. The van der Waals surface area contributed by atoms with Crippen molar-refractivity contribution in [1.29, 1.82) is 0 Å². The molecule has 0 aliphatic heterocycles. The zero-order valence-electron chi connectivity index (χ0n) is 10.6. The largest absolute Gasteiger partial charge is 0.241 e. The molecule has 1 aliphatic rings. The van der Waals surface area contributed by atoms with E-state index >= 15 is 0 Å². The third-order valence-corrected chi connectivity index (χ3v) is 4.54. The molecule has 3 nitrogen and oxygen atoms in total. The van der Waals surface area contributed by atoms with Crippen molar-refractivity contribution in [2.45, 2.75) is 30.7 Å². The van der Waals surface area contributed by atoms with Gasteiger partial charge in [0.25, 0.3) is 0 Å². The SMILES string of the molecule is CC1=CC=CC(C)(NS(=O)(=O)c2ccccc2)C1. The van der Waals surface area contributed by atoms with Gasteiger partial charge in [-0.1, -0.05) is 42.0 Å². The van der Waals surface area contributed by atoms with Crippen molar-refractivity contribution < 1.29 is 8.42 Å². The van der Waals surface area contributed by atoms with Crippen LogP contribution in [0.15, 0.2) is 59.0 Å². The predicted octanol–water partition coefficient (Wildman–Crippen LogP) is 2.63. The lowest BCUT2D eigenvalue weighted by Gasteiger charge is -2.29. The van der Waals surface area contributed by atoms with Crippen molar-refractivity contribution in [1.82, 2.24) is 4.72 Å². The molecule has 96 valence electrons. The van der Waals surface area contributed by atoms with E-state index in [9.17, 15) is 8.42 Å². The molecule has 0 heterocycles. The maximum absolute atomic E-state index is 12.2. The van der Waals surface area contributed by atoms with E-state index in [1.807, 2.05) is 32.1 Å². The summed E-state index contributed by atoms with van der Waals surface area (Å²) in [6, 6.07) is 8.44. The van der Waals surface area contributed by atoms with Crippen LogP contribution >= 0.6 is 0 Å². The summed E-state index contributed by atoms with van der Waals surface area (Å²) >= 11 is 0. The molecule has 0 saturated carbocycles. The van der Waals surface area contributed by atoms with E-state index < -0.39 is 15.6 Å². The van der Waals surface area contributed by atoms with E-state index in [2.05, 4.69) is 4.72 Å². The molecule has 1 atom stereocenters. The van der Waals surface area contributed by atoms with Crippen LogP contribution in [-0.4, -0.2) is 14.0 Å². The lowest BCUT2D eigenvalue weighted by molar-refractivity contribution is 0.491. The molecule has 0 amide bonds. The standard InChI is InChI=1S/C14H17NO2S/c1-12-7-6-10-14(2,11-12)15-18(16,17)13-8-4-3-5-9-13/h3-10,15H,11H2,1-2H3. The van der Waals surface area contributed by atoms with Gasteiger partial charge in [0.2, 0.25) is 10.0 Å². The Labute approximate surface area is 108 Å². The van der Waals surface area contributed by atoms with Crippen molar-refractivity contribution in [2.24, 2.45) is 0 Å². The predicted molar refractivity (Wildman–Crippen MR) is 72.7 cm³/mol. The first kappa shape index (κ1) is 13.1. The van der Waals surface area contributed by atoms with Gasteiger partial charge in [0.05, 0.1) is 10.4 Å². The van der Waals surface area contributed by atoms with Crippen LogP contribution in [0.2, 0.25) is 0 Å². The summed E-state index contributed by atoms with van der Waals surface area (Å²) in [5.41, 5.74) is 0.615. The van der Waals surface area contributed by atoms with Crippen molar-refractivity contribution in [3.05, 3.63) is 54.1 Å². The minimum atomic E-state index is -3.47. The summed E-state index contributed by atoms with van der Waals surface area (Å²) in [7, 11) is -3.47. The minimum absolute atomic E-state index is 0.298. The number of hydrogen-bond acceptors (Lipinski definition) is 2. The van der Waals surface area contributed by atoms with Gasteiger partial charge in [-0.15, -0.1) is 0 Å². The van der Waals surface area contributed by atoms with E-state index in [1.54, 1.807) is 30.3 Å². The molecule has 4 heteroatoms. The van der Waals surface area contributed by atoms with Crippen LogP contribution in [0.3, 0.4) is 0 Å². The number of nitrogens with one attached hydrogen (secondary N) is 1. The van der Waals surface area contributed by atoms with Gasteiger partial charge in [-0.25, -0.2) is 13.1 Å². The maximum Gasteiger partial charge on any atom is 0.241 e. The van der Waals surface area contributed by atoms with Gasteiger partial charge in [0, 0.05) is 0 Å². The van der Waals surface area contributed by atoms with Crippen LogP contribution in [0.25, 0.3) is 0 Å². The smallest absolute Gasteiger partial charge is 0.207 e. The van der Waals surface area contributed by atoms with Crippen LogP contribution in [0.1, 0.15) is 20.3 Å². The quantitative estimate of drug-likeness (QED) is 0.911. The van der Waals surface area contributed by atoms with E-state index in [4.69, 9.17) is 0 Å². The normalized spacial score (nSPS) is 23.8. The summed E-state index contributed by atoms with van der Waals surface area (Å²) in [5.74, 6) is 0. The summed E-state index contributed by atoms with van der Waals surface area (Å²) in [6.45, 7) is 3.89. The van der Waals surface area contributed by atoms with E-state index in [0.717, 1.165) is 5.57 Å². The van der Waals surface area contributed by atoms with Crippen molar-refractivity contribution >= 4 is 10.0 Å². The third kappa shape index (κ3) is 2.89. The van der Waals surface area contributed by atoms with Crippen molar-refractivity contribution in [3.8, 4) is 0 Å². The number of sulfonamides is 1. The van der Waals surface area contributed by atoms with Crippen molar-refractivity contribution in [3.63, 3.8) is 0 Å². The monoisotopic (exact) mass is 263 g/mol. The fraction of sp³-hybridized carbons (Fsp3) is 0.286. The van der Waals surface area contributed by atoms with Crippen LogP contribution < -0.4 is 4.72 Å². The Kier molecular flexibility index (Phi) is 3.41. The average molecular weight is 263 g/mol. The molecule has 18 heavy (non-hydrogen) atoms. The number of rotatable bonds is 3. The zero-order chi connectivity index (χ0) is 13.2. The summed E-state index contributed by atoms with van der Waals surface area (Å²) < 4.78 is 27.3. The highest BCUT2D eigenvalue weighted by molar-refractivity contribution is 7.89. The lowest BCUT2D eigenvalue weighted by atomic mass is 9.90. The second-order valence-electron chi connectivity index (χ2n) is 4.88. The number of benzene rings is 1. The van der Waals surface area contributed by atoms with Crippen LogP contribution in [-0.2, 0) is 10.0 Å². The summed E-state index contributed by atoms with van der Waals surface area (Å²) in [6.07, 6.45) is 6.47. The van der Waals surface area contributed by atoms with Gasteiger partial charge < -0.3 is 0 Å². The highest BCUT2D eigenvalue weighted by Crippen LogP contribution is 2.24. The first-order valence-corrected chi connectivity index (χ1v) is 7.34. The Morgan fingerprint density at radius 1 is 1.22 bits per heavy atom. The molecule has 0 aromatic heterocycles. The third-order valence-electron chi connectivity index (χ3n) is 2.91. The molecule has 0 spiro atoms. The van der Waals surface area contributed by atoms with Gasteiger partial charge in [-0.2, -0.15) is 0 Å². The van der Waals surface area contributed by atoms with Gasteiger partial charge in [0.1, 0.15) is 0 Å². The van der Waals surface area contributed by atoms with Gasteiger partial charge in [-0.05, 0) is 32.4 Å². The second-order valence-corrected chi connectivity index (χ2v) is 6.57. The number of hydrogen-bond donors (Lipinski definition) is 1. The van der Waals surface area contributed by atoms with Gasteiger partial charge >= 0.3 is 0 Å². The minimum Gasteiger partial charge on any atom is -0.207 e. The topological polar surface area (TPSA) is 46.2 Å². The van der Waals surface area contributed by atoms with Gasteiger partial charge in [0.15, 0.2) is 0 Å². The molecule has 1 unspecified atom stereocenters. The Morgan fingerprint density at radius 3 is 2.50 bits per heavy atom. The van der Waals surface area contributed by atoms with Crippen molar-refractivity contribution in [2.75, 3.05) is 0 Å². The molecule has 1 aliphatic carbocycles. The summed E-state index contributed by atoms with van der Waals surface area (Å²) in [5, 5.41) is 0. The van der Waals surface area contributed by atoms with Crippen LogP contribution in [0.4, 0.5) is 0 Å².